The molecule has 5 heteroatoms. The standard InChI is InChI=1S/C18H15N3O2/c1-12(22)18(20-19)14-7-3-5-9-16(14)21-11-10-17(23)13-6-2-4-8-15(13)21/h2-11H,19H2,1H3. The topological polar surface area (TPSA) is 77.5 Å². The largest absolute Gasteiger partial charge is 0.323 e. The predicted molar refractivity (Wildman–Crippen MR) is 91.0 cm³/mol. The van der Waals surface area contributed by atoms with Crippen molar-refractivity contribution in [2.24, 2.45) is 10.9 Å². The SMILES string of the molecule is CC(=O)C(=NN)c1ccccc1-n1ccc(=O)c2ccccc21. The highest BCUT2D eigenvalue weighted by Gasteiger charge is 2.15. The maximum absolute atomic E-state index is 12.0. The molecule has 2 N–H and O–H groups in total. The van der Waals surface area contributed by atoms with Crippen LogP contribution >= 0.6 is 0 Å². The van der Waals surface area contributed by atoms with Gasteiger partial charge in [-0.05, 0) is 18.2 Å². The lowest BCUT2D eigenvalue weighted by molar-refractivity contribution is -0.111. The van der Waals surface area contributed by atoms with E-state index in [1.807, 2.05) is 41.0 Å². The number of carbonyl (C=O) groups is 1. The number of Topliss-reactive ketones (excluding diaryl/α,β-unsaturated/α-hetero) is 1. The van der Waals surface area contributed by atoms with E-state index in [-0.39, 0.29) is 16.9 Å². The minimum atomic E-state index is -0.217. The summed E-state index contributed by atoms with van der Waals surface area (Å²) in [5.41, 5.74) is 2.27. The molecule has 0 atom stereocenters. The predicted octanol–water partition coefficient (Wildman–Crippen LogP) is 2.24. The number of rotatable bonds is 3. The van der Waals surface area contributed by atoms with Crippen LogP contribution in [0.4, 0.5) is 0 Å². The molecule has 0 fully saturated rings. The fourth-order valence-corrected chi connectivity index (χ4v) is 2.65. The number of pyridine rings is 1. The fraction of sp³-hybridized carbons (Fsp3) is 0.0556. The van der Waals surface area contributed by atoms with E-state index in [9.17, 15) is 9.59 Å². The lowest BCUT2D eigenvalue weighted by Gasteiger charge is -2.15. The number of para-hydroxylation sites is 2. The molecule has 0 unspecified atom stereocenters. The van der Waals surface area contributed by atoms with Crippen molar-refractivity contribution in [3.05, 3.63) is 76.6 Å². The molecule has 0 amide bonds. The van der Waals surface area contributed by atoms with E-state index in [0.29, 0.717) is 10.9 Å². The average Bonchev–Trinajstić information content (AvgIpc) is 2.57. The van der Waals surface area contributed by atoms with E-state index in [0.717, 1.165) is 11.2 Å². The second kappa shape index (κ2) is 5.88. The molecule has 23 heavy (non-hydrogen) atoms. The third-order valence-corrected chi connectivity index (χ3v) is 3.69. The van der Waals surface area contributed by atoms with Crippen LogP contribution in [0.3, 0.4) is 0 Å². The summed E-state index contributed by atoms with van der Waals surface area (Å²) in [6, 6.07) is 16.2. The molecule has 0 bridgehead atoms. The second-order valence-corrected chi connectivity index (χ2v) is 5.12. The first-order valence-corrected chi connectivity index (χ1v) is 7.12. The zero-order valence-corrected chi connectivity index (χ0v) is 12.6. The molecule has 1 heterocycles. The van der Waals surface area contributed by atoms with E-state index in [1.165, 1.54) is 13.0 Å². The molecule has 1 aromatic heterocycles. The molecule has 2 aromatic carbocycles. The van der Waals surface area contributed by atoms with Gasteiger partial charge < -0.3 is 10.4 Å². The van der Waals surface area contributed by atoms with E-state index < -0.39 is 0 Å². The van der Waals surface area contributed by atoms with Gasteiger partial charge in [0.2, 0.25) is 0 Å². The Hall–Kier alpha value is -3.21. The minimum Gasteiger partial charge on any atom is -0.323 e. The second-order valence-electron chi connectivity index (χ2n) is 5.12. The van der Waals surface area contributed by atoms with Gasteiger partial charge in [0.25, 0.3) is 0 Å². The van der Waals surface area contributed by atoms with E-state index in [4.69, 9.17) is 5.84 Å². The smallest absolute Gasteiger partial charge is 0.189 e. The van der Waals surface area contributed by atoms with Gasteiger partial charge in [0.15, 0.2) is 11.2 Å². The van der Waals surface area contributed by atoms with Crippen molar-refractivity contribution in [2.75, 3.05) is 0 Å². The molecule has 3 aromatic rings. The van der Waals surface area contributed by atoms with Crippen LogP contribution in [-0.2, 0) is 4.79 Å². The minimum absolute atomic E-state index is 0.0476. The average molecular weight is 305 g/mol. The summed E-state index contributed by atoms with van der Waals surface area (Å²) in [6.45, 7) is 1.42. The van der Waals surface area contributed by atoms with E-state index in [1.54, 1.807) is 18.3 Å². The molecule has 0 radical (unpaired) electrons. The maximum Gasteiger partial charge on any atom is 0.189 e. The third kappa shape index (κ3) is 2.53. The molecule has 0 spiro atoms. The van der Waals surface area contributed by atoms with Gasteiger partial charge in [-0.15, -0.1) is 0 Å². The number of fused-ring (bicyclic) bond motifs is 1. The van der Waals surface area contributed by atoms with Crippen LogP contribution in [0.15, 0.2) is 70.7 Å². The zero-order chi connectivity index (χ0) is 16.4. The Kier molecular flexibility index (Phi) is 3.76. The van der Waals surface area contributed by atoms with Crippen molar-refractivity contribution in [3.8, 4) is 5.69 Å². The first-order chi connectivity index (χ1) is 11.1. The van der Waals surface area contributed by atoms with E-state index in [2.05, 4.69) is 5.10 Å². The summed E-state index contributed by atoms with van der Waals surface area (Å²) in [6.07, 6.45) is 1.69. The third-order valence-electron chi connectivity index (χ3n) is 3.69. The van der Waals surface area contributed by atoms with Crippen LogP contribution in [0.1, 0.15) is 12.5 Å². The number of hydrogen-bond donors (Lipinski definition) is 1. The molecule has 0 saturated heterocycles. The summed E-state index contributed by atoms with van der Waals surface area (Å²) >= 11 is 0. The molecule has 5 nitrogen and oxygen atoms in total. The van der Waals surface area contributed by atoms with Crippen LogP contribution in [0, 0.1) is 0 Å². The normalized spacial score (nSPS) is 11.6. The van der Waals surface area contributed by atoms with Gasteiger partial charge in [0.1, 0.15) is 5.71 Å². The van der Waals surface area contributed by atoms with Crippen molar-refractivity contribution in [1.82, 2.24) is 4.57 Å². The monoisotopic (exact) mass is 305 g/mol. The number of carbonyl (C=O) groups excluding carboxylic acids is 1. The van der Waals surface area contributed by atoms with Gasteiger partial charge in [-0.2, -0.15) is 5.10 Å². The molecule has 114 valence electrons. The molecular formula is C18H15N3O2. The molecule has 0 aliphatic heterocycles. The number of nitrogens with two attached hydrogens (primary N) is 1. The highest BCUT2D eigenvalue weighted by molar-refractivity contribution is 6.46. The first-order valence-electron chi connectivity index (χ1n) is 7.12. The Labute approximate surface area is 132 Å². The Bertz CT molecular complexity index is 987. The quantitative estimate of drug-likeness (QED) is 0.458. The Morgan fingerprint density at radius 3 is 2.48 bits per heavy atom. The number of hydrazone groups is 1. The van der Waals surface area contributed by atoms with Crippen LogP contribution in [-0.4, -0.2) is 16.1 Å². The highest BCUT2D eigenvalue weighted by Crippen LogP contribution is 2.20. The van der Waals surface area contributed by atoms with Gasteiger partial charge in [-0.1, -0.05) is 30.3 Å². The summed E-state index contributed by atoms with van der Waals surface area (Å²) < 4.78 is 1.86. The van der Waals surface area contributed by atoms with Crippen LogP contribution < -0.4 is 11.3 Å². The number of benzene rings is 2. The molecule has 3 rings (SSSR count). The molecule has 0 aliphatic carbocycles. The zero-order valence-electron chi connectivity index (χ0n) is 12.6. The van der Waals surface area contributed by atoms with Crippen molar-refractivity contribution < 1.29 is 4.79 Å². The van der Waals surface area contributed by atoms with Gasteiger partial charge in [-0.25, -0.2) is 0 Å². The summed E-state index contributed by atoms with van der Waals surface area (Å²) in [4.78, 5) is 23.8. The van der Waals surface area contributed by atoms with Crippen LogP contribution in [0.5, 0.6) is 0 Å². The molecule has 0 saturated carbocycles. The van der Waals surface area contributed by atoms with E-state index >= 15 is 0 Å². The fourth-order valence-electron chi connectivity index (χ4n) is 2.65. The number of hydrogen-bond acceptors (Lipinski definition) is 4. The first kappa shape index (κ1) is 14.7. The Morgan fingerprint density at radius 1 is 1.04 bits per heavy atom. The van der Waals surface area contributed by atoms with Crippen molar-refractivity contribution in [1.29, 1.82) is 0 Å². The number of aromatic nitrogens is 1. The Morgan fingerprint density at radius 2 is 1.74 bits per heavy atom. The van der Waals surface area contributed by atoms with Gasteiger partial charge >= 0.3 is 0 Å². The summed E-state index contributed by atoms with van der Waals surface area (Å²) in [7, 11) is 0. The van der Waals surface area contributed by atoms with Crippen molar-refractivity contribution in [3.63, 3.8) is 0 Å². The van der Waals surface area contributed by atoms with Crippen LogP contribution in [0.2, 0.25) is 0 Å². The van der Waals surface area contributed by atoms with Gasteiger partial charge in [0, 0.05) is 30.1 Å². The highest BCUT2D eigenvalue weighted by atomic mass is 16.1. The van der Waals surface area contributed by atoms with Crippen LogP contribution in [0.25, 0.3) is 16.6 Å². The van der Waals surface area contributed by atoms with Crippen molar-refractivity contribution >= 4 is 22.4 Å². The van der Waals surface area contributed by atoms with Crippen molar-refractivity contribution in [2.45, 2.75) is 6.92 Å². The maximum atomic E-state index is 12.0. The summed E-state index contributed by atoms with van der Waals surface area (Å²) in [5, 5.41) is 4.24. The number of nitrogens with zero attached hydrogens (tertiary/aromatic N) is 2. The summed E-state index contributed by atoms with van der Waals surface area (Å²) in [5.74, 6) is 5.18. The Balaban J connectivity index is 2.36. The van der Waals surface area contributed by atoms with Gasteiger partial charge in [-0.3, -0.25) is 9.59 Å². The lowest BCUT2D eigenvalue weighted by Crippen LogP contribution is -2.17. The number of ketones is 1. The molecule has 0 aliphatic rings. The lowest BCUT2D eigenvalue weighted by atomic mass is 10.0. The molecular weight excluding hydrogens is 290 g/mol. The van der Waals surface area contributed by atoms with Gasteiger partial charge in [0.05, 0.1) is 11.2 Å².